The van der Waals surface area contributed by atoms with Crippen molar-refractivity contribution in [2.45, 2.75) is 50.2 Å². The Morgan fingerprint density at radius 1 is 1.24 bits per heavy atom. The van der Waals surface area contributed by atoms with Crippen LogP contribution in [0.25, 0.3) is 11.1 Å². The fourth-order valence-electron chi connectivity index (χ4n) is 4.55. The molecule has 1 aliphatic rings. The van der Waals surface area contributed by atoms with E-state index in [2.05, 4.69) is 10.3 Å². The average Bonchev–Trinajstić information content (AvgIpc) is 3.47. The lowest BCUT2D eigenvalue weighted by Crippen LogP contribution is -2.40. The Morgan fingerprint density at radius 2 is 2.00 bits per heavy atom. The second-order valence-electron chi connectivity index (χ2n) is 9.99. The average molecular weight is 528 g/mol. The molecular weight excluding hydrogens is 492 g/mol. The van der Waals surface area contributed by atoms with Crippen LogP contribution in [0.2, 0.25) is 0 Å². The van der Waals surface area contributed by atoms with Gasteiger partial charge in [-0.1, -0.05) is 44.2 Å². The van der Waals surface area contributed by atoms with Crippen molar-refractivity contribution in [3.63, 3.8) is 0 Å². The smallest absolute Gasteiger partial charge is 0.302 e. The fraction of sp³-hybridized carbons (Fsp3) is 0.444. The van der Waals surface area contributed by atoms with Crippen LogP contribution in [-0.4, -0.2) is 72.4 Å². The van der Waals surface area contributed by atoms with Gasteiger partial charge in [-0.3, -0.25) is 15.0 Å². The number of aliphatic hydroxyl groups excluding tert-OH is 1. The molecule has 10 heteroatoms. The Labute approximate surface area is 218 Å². The van der Waals surface area contributed by atoms with Crippen LogP contribution in [0.3, 0.4) is 0 Å². The molecule has 2 heterocycles. The number of amides is 1. The number of carbonyl (C=O) groups is 1. The molecule has 37 heavy (non-hydrogen) atoms. The van der Waals surface area contributed by atoms with E-state index in [4.69, 9.17) is 4.42 Å². The Morgan fingerprint density at radius 3 is 2.68 bits per heavy atom. The summed E-state index contributed by atoms with van der Waals surface area (Å²) in [6.45, 7) is 4.91. The van der Waals surface area contributed by atoms with Crippen LogP contribution in [-0.2, 0) is 21.2 Å². The number of sulfonamides is 1. The molecule has 1 amide bonds. The summed E-state index contributed by atoms with van der Waals surface area (Å²) in [4.78, 5) is 18.9. The SMILES string of the molecule is CC(C)CN(CC(O)[CH]Cc1ccccc1)S(=O)(=O)c1ccc2nc(NC(=O)C3CCCN3C)oc2c1. The highest BCUT2D eigenvalue weighted by atomic mass is 32.2. The molecule has 1 radical (unpaired) electrons. The van der Waals surface area contributed by atoms with Crippen LogP contribution in [0.15, 0.2) is 57.8 Å². The number of anilines is 1. The number of likely N-dealkylation sites (tertiary alicyclic amines) is 1. The standard InChI is InChI=1S/C27H35N4O5S/c1-19(2)17-31(18-21(32)12-11-20-8-5-4-6-9-20)37(34,35)22-13-14-23-25(16-22)36-27(28-23)29-26(33)24-10-7-15-30(24)3/h4-6,8-9,12-14,16,19,21,24,32H,7,10-11,15,17-18H2,1-3H3,(H,28,29,33). The summed E-state index contributed by atoms with van der Waals surface area (Å²) in [5, 5.41) is 13.3. The molecule has 3 aromatic rings. The van der Waals surface area contributed by atoms with E-state index < -0.39 is 16.1 Å². The van der Waals surface area contributed by atoms with Crippen molar-refractivity contribution in [3.8, 4) is 0 Å². The van der Waals surface area contributed by atoms with Gasteiger partial charge in [0.2, 0.25) is 15.9 Å². The number of hydrogen-bond acceptors (Lipinski definition) is 7. The maximum Gasteiger partial charge on any atom is 0.302 e. The van der Waals surface area contributed by atoms with Crippen molar-refractivity contribution in [1.29, 1.82) is 0 Å². The van der Waals surface area contributed by atoms with E-state index in [1.54, 1.807) is 12.5 Å². The van der Waals surface area contributed by atoms with Gasteiger partial charge < -0.3 is 9.52 Å². The van der Waals surface area contributed by atoms with E-state index in [-0.39, 0.29) is 47.4 Å². The van der Waals surface area contributed by atoms with E-state index in [0.717, 1.165) is 24.9 Å². The van der Waals surface area contributed by atoms with E-state index in [9.17, 15) is 18.3 Å². The second kappa shape index (κ2) is 11.7. The predicted octanol–water partition coefficient (Wildman–Crippen LogP) is 3.32. The third kappa shape index (κ3) is 6.75. The van der Waals surface area contributed by atoms with Gasteiger partial charge in [0.25, 0.3) is 0 Å². The number of aromatic nitrogens is 1. The number of nitrogens with zero attached hydrogens (tertiary/aromatic N) is 3. The molecule has 2 atom stereocenters. The van der Waals surface area contributed by atoms with Crippen molar-refractivity contribution in [2.75, 3.05) is 32.0 Å². The van der Waals surface area contributed by atoms with Gasteiger partial charge in [0.1, 0.15) is 5.52 Å². The zero-order chi connectivity index (χ0) is 26.6. The monoisotopic (exact) mass is 527 g/mol. The van der Waals surface area contributed by atoms with Crippen LogP contribution in [0.5, 0.6) is 0 Å². The zero-order valence-electron chi connectivity index (χ0n) is 21.5. The van der Waals surface area contributed by atoms with Gasteiger partial charge in [0.15, 0.2) is 5.58 Å². The first kappa shape index (κ1) is 27.3. The molecule has 2 aromatic carbocycles. The lowest BCUT2D eigenvalue weighted by molar-refractivity contribution is -0.120. The van der Waals surface area contributed by atoms with Gasteiger partial charge in [0.05, 0.1) is 17.0 Å². The van der Waals surface area contributed by atoms with Crippen LogP contribution in [0.1, 0.15) is 32.3 Å². The molecule has 199 valence electrons. The number of benzene rings is 2. The minimum atomic E-state index is -3.93. The number of carbonyl (C=O) groups excluding carboxylic acids is 1. The van der Waals surface area contributed by atoms with Crippen molar-refractivity contribution < 1.29 is 22.7 Å². The van der Waals surface area contributed by atoms with Crippen molar-refractivity contribution in [1.82, 2.24) is 14.2 Å². The van der Waals surface area contributed by atoms with Gasteiger partial charge in [0, 0.05) is 19.2 Å². The molecule has 2 N–H and O–H groups in total. The Kier molecular flexibility index (Phi) is 8.63. The highest BCUT2D eigenvalue weighted by molar-refractivity contribution is 7.89. The van der Waals surface area contributed by atoms with Crippen molar-refractivity contribution in [3.05, 3.63) is 60.5 Å². The maximum atomic E-state index is 13.6. The first-order valence-electron chi connectivity index (χ1n) is 12.6. The highest BCUT2D eigenvalue weighted by Gasteiger charge is 2.30. The Hall–Kier alpha value is -2.79. The normalized spacial score (nSPS) is 17.6. The molecule has 0 aliphatic carbocycles. The maximum absolute atomic E-state index is 13.6. The number of hydrogen-bond donors (Lipinski definition) is 2. The van der Waals surface area contributed by atoms with E-state index in [1.807, 2.05) is 56.1 Å². The fourth-order valence-corrected chi connectivity index (χ4v) is 6.18. The molecule has 1 saturated heterocycles. The molecule has 0 spiro atoms. The van der Waals surface area contributed by atoms with Gasteiger partial charge in [-0.25, -0.2) is 8.42 Å². The van der Waals surface area contributed by atoms with Gasteiger partial charge in [-0.15, -0.1) is 0 Å². The summed E-state index contributed by atoms with van der Waals surface area (Å²) in [6.07, 6.45) is 3.04. The molecule has 1 fully saturated rings. The largest absolute Gasteiger partial charge is 0.423 e. The molecular formula is C27H35N4O5S. The zero-order valence-corrected chi connectivity index (χ0v) is 22.3. The molecule has 4 rings (SSSR count). The summed E-state index contributed by atoms with van der Waals surface area (Å²) in [6, 6.07) is 14.0. The minimum absolute atomic E-state index is 0.0415. The summed E-state index contributed by atoms with van der Waals surface area (Å²) in [5.74, 6) is -0.135. The van der Waals surface area contributed by atoms with E-state index >= 15 is 0 Å². The van der Waals surface area contributed by atoms with Crippen LogP contribution < -0.4 is 5.32 Å². The summed E-state index contributed by atoms with van der Waals surface area (Å²) in [5.41, 5.74) is 1.75. The second-order valence-corrected chi connectivity index (χ2v) is 11.9. The quantitative estimate of drug-likeness (QED) is 0.393. The van der Waals surface area contributed by atoms with E-state index in [1.165, 1.54) is 16.4 Å². The van der Waals surface area contributed by atoms with E-state index in [0.29, 0.717) is 11.9 Å². The minimum Gasteiger partial charge on any atom is -0.423 e. The molecule has 9 nitrogen and oxygen atoms in total. The number of oxazole rings is 1. The molecule has 0 bridgehead atoms. The van der Waals surface area contributed by atoms with Crippen LogP contribution in [0, 0.1) is 12.3 Å². The summed E-state index contributed by atoms with van der Waals surface area (Å²) >= 11 is 0. The molecule has 1 aliphatic heterocycles. The molecule has 1 aromatic heterocycles. The van der Waals surface area contributed by atoms with Crippen LogP contribution >= 0.6 is 0 Å². The third-order valence-corrected chi connectivity index (χ3v) is 8.31. The van der Waals surface area contributed by atoms with Crippen molar-refractivity contribution >= 4 is 33.0 Å². The topological polar surface area (TPSA) is 116 Å². The number of likely N-dealkylation sites (N-methyl/N-ethyl adjacent to an activating group) is 1. The van der Waals surface area contributed by atoms with Gasteiger partial charge >= 0.3 is 6.01 Å². The number of aliphatic hydroxyl groups is 1. The lowest BCUT2D eigenvalue weighted by Gasteiger charge is -2.26. The number of rotatable bonds is 11. The van der Waals surface area contributed by atoms with Gasteiger partial charge in [-0.05, 0) is 62.9 Å². The molecule has 0 saturated carbocycles. The Balaban J connectivity index is 1.49. The number of fused-ring (bicyclic) bond motifs is 1. The van der Waals surface area contributed by atoms with Crippen LogP contribution in [0.4, 0.5) is 6.01 Å². The highest BCUT2D eigenvalue weighted by Crippen LogP contribution is 2.26. The predicted molar refractivity (Wildman–Crippen MR) is 142 cm³/mol. The number of nitrogens with one attached hydrogen (secondary N) is 1. The first-order valence-corrected chi connectivity index (χ1v) is 14.0. The summed E-state index contributed by atoms with van der Waals surface area (Å²) in [7, 11) is -2.03. The van der Waals surface area contributed by atoms with Gasteiger partial charge in [-0.2, -0.15) is 9.29 Å². The lowest BCUT2D eigenvalue weighted by atomic mass is 10.1. The first-order chi connectivity index (χ1) is 17.6. The van der Waals surface area contributed by atoms with Crippen molar-refractivity contribution in [2.24, 2.45) is 5.92 Å². The molecule has 2 unspecified atom stereocenters. The third-order valence-electron chi connectivity index (χ3n) is 6.48. The Bertz CT molecular complexity index is 1310. The summed E-state index contributed by atoms with van der Waals surface area (Å²) < 4.78 is 34.2.